The Bertz CT molecular complexity index is 202. The van der Waals surface area contributed by atoms with Gasteiger partial charge >= 0.3 is 5.97 Å². The third-order valence-corrected chi connectivity index (χ3v) is 2.95. The van der Waals surface area contributed by atoms with Gasteiger partial charge in [-0.3, -0.25) is 0 Å². The Morgan fingerprint density at radius 2 is 2.07 bits per heavy atom. The molecule has 0 N–H and O–H groups in total. The third-order valence-electron chi connectivity index (χ3n) is 2.95. The zero-order valence-corrected chi connectivity index (χ0v) is 9.05. The summed E-state index contributed by atoms with van der Waals surface area (Å²) in [7, 11) is 0. The topological polar surface area (TPSA) is 26.3 Å². The second-order valence-electron chi connectivity index (χ2n) is 4.03. The summed E-state index contributed by atoms with van der Waals surface area (Å²) in [5, 5.41) is 0. The van der Waals surface area contributed by atoms with Crippen molar-refractivity contribution >= 4 is 5.97 Å². The molecule has 1 aliphatic carbocycles. The summed E-state index contributed by atoms with van der Waals surface area (Å²) < 4.78 is 5.12. The summed E-state index contributed by atoms with van der Waals surface area (Å²) in [6.45, 7) is 6.14. The molecule has 1 aliphatic rings. The summed E-state index contributed by atoms with van der Waals surface area (Å²) in [6.07, 6.45) is 7.03. The van der Waals surface area contributed by atoms with Crippen molar-refractivity contribution in [2.45, 2.75) is 45.4 Å². The fourth-order valence-corrected chi connectivity index (χ4v) is 1.86. The molecule has 0 aromatic carbocycles. The van der Waals surface area contributed by atoms with E-state index >= 15 is 0 Å². The highest BCUT2D eigenvalue weighted by atomic mass is 16.5. The molecule has 0 radical (unpaired) electrons. The minimum atomic E-state index is -0.217. The van der Waals surface area contributed by atoms with E-state index in [4.69, 9.17) is 4.74 Å². The van der Waals surface area contributed by atoms with Crippen molar-refractivity contribution in [2.24, 2.45) is 5.92 Å². The molecule has 0 saturated heterocycles. The van der Waals surface area contributed by atoms with Crippen LogP contribution in [0.2, 0.25) is 0 Å². The van der Waals surface area contributed by atoms with Gasteiger partial charge in [0.05, 0.1) is 6.61 Å². The predicted molar refractivity (Wildman–Crippen MR) is 57.0 cm³/mol. The van der Waals surface area contributed by atoms with Crippen molar-refractivity contribution < 1.29 is 9.53 Å². The van der Waals surface area contributed by atoms with Gasteiger partial charge in [0.2, 0.25) is 0 Å². The van der Waals surface area contributed by atoms with E-state index < -0.39 is 0 Å². The Hall–Kier alpha value is -0.790. The van der Waals surface area contributed by atoms with Crippen molar-refractivity contribution in [2.75, 3.05) is 6.61 Å². The second kappa shape index (κ2) is 5.84. The molecule has 80 valence electrons. The fourth-order valence-electron chi connectivity index (χ4n) is 1.86. The van der Waals surface area contributed by atoms with Crippen LogP contribution in [0.25, 0.3) is 0 Å². The molecule has 0 unspecified atom stereocenters. The first-order valence-corrected chi connectivity index (χ1v) is 5.59. The number of rotatable bonds is 5. The van der Waals surface area contributed by atoms with Crippen molar-refractivity contribution in [3.05, 3.63) is 12.2 Å². The van der Waals surface area contributed by atoms with Crippen LogP contribution in [0.15, 0.2) is 12.2 Å². The molecule has 2 nitrogen and oxygen atoms in total. The van der Waals surface area contributed by atoms with Crippen LogP contribution in [-0.2, 0) is 9.53 Å². The zero-order valence-electron chi connectivity index (χ0n) is 9.05. The number of hydrogen-bond acceptors (Lipinski definition) is 2. The number of ether oxygens (including phenoxy) is 1. The largest absolute Gasteiger partial charge is 0.462 e. The molecule has 1 fully saturated rings. The average molecular weight is 196 g/mol. The first kappa shape index (κ1) is 11.3. The van der Waals surface area contributed by atoms with E-state index in [1.54, 1.807) is 0 Å². The molecule has 0 atom stereocenters. The van der Waals surface area contributed by atoms with Crippen LogP contribution in [0.3, 0.4) is 0 Å². The van der Waals surface area contributed by atoms with Crippen LogP contribution in [0.5, 0.6) is 0 Å². The fraction of sp³-hybridized carbons (Fsp3) is 0.750. The summed E-state index contributed by atoms with van der Waals surface area (Å²) >= 11 is 0. The highest BCUT2D eigenvalue weighted by Crippen LogP contribution is 2.27. The molecule has 0 aromatic rings. The van der Waals surface area contributed by atoms with Crippen molar-refractivity contribution in [1.82, 2.24) is 0 Å². The Labute approximate surface area is 86.3 Å². The van der Waals surface area contributed by atoms with Crippen LogP contribution >= 0.6 is 0 Å². The van der Waals surface area contributed by atoms with Gasteiger partial charge in [0.1, 0.15) is 0 Å². The van der Waals surface area contributed by atoms with Gasteiger partial charge < -0.3 is 4.74 Å². The molecule has 14 heavy (non-hydrogen) atoms. The smallest absolute Gasteiger partial charge is 0.333 e. The van der Waals surface area contributed by atoms with Gasteiger partial charge in [0.15, 0.2) is 0 Å². The molecule has 1 saturated carbocycles. The van der Waals surface area contributed by atoms with Gasteiger partial charge in [-0.2, -0.15) is 0 Å². The van der Waals surface area contributed by atoms with Gasteiger partial charge in [-0.05, 0) is 18.8 Å². The van der Waals surface area contributed by atoms with Crippen LogP contribution < -0.4 is 0 Å². The highest BCUT2D eigenvalue weighted by Gasteiger charge is 2.15. The van der Waals surface area contributed by atoms with E-state index in [0.717, 1.165) is 12.3 Å². The molecule has 0 amide bonds. The molecule has 2 heteroatoms. The molecule has 1 rings (SSSR count). The lowest BCUT2D eigenvalue weighted by atomic mass is 10.1. The van der Waals surface area contributed by atoms with Crippen molar-refractivity contribution in [3.8, 4) is 0 Å². The molecule has 0 spiro atoms. The van der Waals surface area contributed by atoms with E-state index in [-0.39, 0.29) is 5.97 Å². The van der Waals surface area contributed by atoms with E-state index in [1.807, 2.05) is 6.92 Å². The minimum Gasteiger partial charge on any atom is -0.462 e. The quantitative estimate of drug-likeness (QED) is 0.499. The SMILES string of the molecule is C=C(CC)C(=O)OCCC1CCCC1. The van der Waals surface area contributed by atoms with Crippen molar-refractivity contribution in [1.29, 1.82) is 0 Å². The van der Waals surface area contributed by atoms with Crippen LogP contribution in [0, 0.1) is 5.92 Å². The molecular weight excluding hydrogens is 176 g/mol. The maximum atomic E-state index is 11.2. The maximum Gasteiger partial charge on any atom is 0.333 e. The van der Waals surface area contributed by atoms with Gasteiger partial charge in [-0.15, -0.1) is 0 Å². The lowest BCUT2D eigenvalue weighted by Gasteiger charge is -2.09. The number of esters is 1. The normalized spacial score (nSPS) is 16.9. The molecular formula is C12H20O2. The minimum absolute atomic E-state index is 0.217. The monoisotopic (exact) mass is 196 g/mol. The molecule has 0 aromatic heterocycles. The van der Waals surface area contributed by atoms with E-state index in [9.17, 15) is 4.79 Å². The van der Waals surface area contributed by atoms with Crippen LogP contribution in [0.4, 0.5) is 0 Å². The number of hydrogen-bond donors (Lipinski definition) is 0. The van der Waals surface area contributed by atoms with Crippen LogP contribution in [-0.4, -0.2) is 12.6 Å². The standard InChI is InChI=1S/C12H20O2/c1-3-10(2)12(13)14-9-8-11-6-4-5-7-11/h11H,2-9H2,1H3. The third kappa shape index (κ3) is 3.52. The van der Waals surface area contributed by atoms with E-state index in [2.05, 4.69) is 6.58 Å². The first-order chi connectivity index (χ1) is 6.74. The Balaban J connectivity index is 2.08. The second-order valence-corrected chi connectivity index (χ2v) is 4.03. The molecule has 0 bridgehead atoms. The van der Waals surface area contributed by atoms with Gasteiger partial charge in [0, 0.05) is 5.57 Å². The molecule has 0 aliphatic heterocycles. The average Bonchev–Trinajstić information content (AvgIpc) is 2.69. The summed E-state index contributed by atoms with van der Waals surface area (Å²) in [4.78, 5) is 11.2. The predicted octanol–water partition coefficient (Wildman–Crippen LogP) is 3.08. The van der Waals surface area contributed by atoms with E-state index in [1.165, 1.54) is 25.7 Å². The molecule has 0 heterocycles. The number of carbonyl (C=O) groups is 1. The van der Waals surface area contributed by atoms with E-state index in [0.29, 0.717) is 18.6 Å². The lowest BCUT2D eigenvalue weighted by molar-refractivity contribution is -0.139. The summed E-state index contributed by atoms with van der Waals surface area (Å²) in [6, 6.07) is 0. The Morgan fingerprint density at radius 1 is 1.43 bits per heavy atom. The van der Waals surface area contributed by atoms with Gasteiger partial charge in [-0.1, -0.05) is 39.2 Å². The number of carbonyl (C=O) groups excluding carboxylic acids is 1. The summed E-state index contributed by atoms with van der Waals surface area (Å²) in [5.41, 5.74) is 0.580. The lowest BCUT2D eigenvalue weighted by Crippen LogP contribution is -2.09. The van der Waals surface area contributed by atoms with Gasteiger partial charge in [-0.25, -0.2) is 4.79 Å². The Kier molecular flexibility index (Phi) is 4.71. The van der Waals surface area contributed by atoms with Crippen molar-refractivity contribution in [3.63, 3.8) is 0 Å². The van der Waals surface area contributed by atoms with Gasteiger partial charge in [0.25, 0.3) is 0 Å². The van der Waals surface area contributed by atoms with Crippen LogP contribution in [0.1, 0.15) is 45.4 Å². The maximum absolute atomic E-state index is 11.2. The summed E-state index contributed by atoms with van der Waals surface area (Å²) in [5.74, 6) is 0.572. The first-order valence-electron chi connectivity index (χ1n) is 5.59. The highest BCUT2D eigenvalue weighted by molar-refractivity contribution is 5.87. The zero-order chi connectivity index (χ0) is 10.4. The Morgan fingerprint density at radius 3 is 2.64 bits per heavy atom.